The van der Waals surface area contributed by atoms with Gasteiger partial charge in [0, 0.05) is 23.3 Å². The molecular formula is C16H21ClN4O. The minimum atomic E-state index is 0.622. The summed E-state index contributed by atoms with van der Waals surface area (Å²) in [6, 6.07) is 7.29. The zero-order chi connectivity index (χ0) is 15.9. The third-order valence-electron chi connectivity index (χ3n) is 3.09. The summed E-state index contributed by atoms with van der Waals surface area (Å²) >= 11 is 6.05. The van der Waals surface area contributed by atoms with E-state index in [1.54, 1.807) is 13.2 Å². The fraction of sp³-hybridized carbons (Fsp3) is 0.375. The van der Waals surface area contributed by atoms with Crippen molar-refractivity contribution in [1.29, 1.82) is 0 Å². The summed E-state index contributed by atoms with van der Waals surface area (Å²) in [6.07, 6.45) is 2.21. The van der Waals surface area contributed by atoms with Crippen molar-refractivity contribution < 1.29 is 4.74 Å². The molecule has 0 unspecified atom stereocenters. The number of nitrogens with zero attached hydrogens (tertiary/aromatic N) is 2. The molecule has 5 nitrogen and oxygen atoms in total. The van der Waals surface area contributed by atoms with Gasteiger partial charge in [-0.25, -0.2) is 4.98 Å². The minimum absolute atomic E-state index is 0.622. The lowest BCUT2D eigenvalue weighted by molar-refractivity contribution is 0.417. The molecule has 0 bridgehead atoms. The number of hydrogen-bond donors (Lipinski definition) is 2. The SMILES string of the molecule is CCCCNc1nc(C)cc(Nc2cc(Cl)ccc2OC)n1. The van der Waals surface area contributed by atoms with Crippen molar-refractivity contribution in [2.45, 2.75) is 26.7 Å². The maximum absolute atomic E-state index is 6.05. The number of nitrogens with one attached hydrogen (secondary N) is 2. The van der Waals surface area contributed by atoms with E-state index >= 15 is 0 Å². The Morgan fingerprint density at radius 1 is 1.23 bits per heavy atom. The highest BCUT2D eigenvalue weighted by Crippen LogP contribution is 2.30. The first-order valence-corrected chi connectivity index (χ1v) is 7.70. The Bertz CT molecular complexity index is 634. The lowest BCUT2D eigenvalue weighted by Crippen LogP contribution is -2.07. The molecule has 0 saturated carbocycles. The lowest BCUT2D eigenvalue weighted by atomic mass is 10.3. The van der Waals surface area contributed by atoms with Crippen molar-refractivity contribution >= 4 is 29.1 Å². The topological polar surface area (TPSA) is 59.1 Å². The van der Waals surface area contributed by atoms with Gasteiger partial charge in [-0.15, -0.1) is 0 Å². The van der Waals surface area contributed by atoms with Crippen molar-refractivity contribution in [2.24, 2.45) is 0 Å². The highest BCUT2D eigenvalue weighted by Gasteiger charge is 2.07. The van der Waals surface area contributed by atoms with Crippen molar-refractivity contribution in [3.8, 4) is 5.75 Å². The summed E-state index contributed by atoms with van der Waals surface area (Å²) < 4.78 is 5.33. The van der Waals surface area contributed by atoms with Crippen LogP contribution in [0.4, 0.5) is 17.5 Å². The van der Waals surface area contributed by atoms with Gasteiger partial charge in [-0.1, -0.05) is 24.9 Å². The van der Waals surface area contributed by atoms with Crippen LogP contribution in [0.3, 0.4) is 0 Å². The molecule has 0 aliphatic heterocycles. The van der Waals surface area contributed by atoms with Gasteiger partial charge in [0.15, 0.2) is 0 Å². The van der Waals surface area contributed by atoms with E-state index in [0.717, 1.165) is 30.8 Å². The Labute approximate surface area is 136 Å². The third-order valence-corrected chi connectivity index (χ3v) is 3.33. The standard InChI is InChI=1S/C16H21ClN4O/c1-4-5-8-18-16-19-11(2)9-15(21-16)20-13-10-12(17)6-7-14(13)22-3/h6-7,9-10H,4-5,8H2,1-3H3,(H2,18,19,20,21). The van der Waals surface area contributed by atoms with Gasteiger partial charge in [-0.3, -0.25) is 0 Å². The van der Waals surface area contributed by atoms with Crippen molar-refractivity contribution in [3.05, 3.63) is 35.0 Å². The molecular weight excluding hydrogens is 300 g/mol. The van der Waals surface area contributed by atoms with Gasteiger partial charge in [0.05, 0.1) is 12.8 Å². The highest BCUT2D eigenvalue weighted by atomic mass is 35.5. The molecule has 2 aromatic rings. The summed E-state index contributed by atoms with van der Waals surface area (Å²) in [5.41, 5.74) is 1.66. The monoisotopic (exact) mass is 320 g/mol. The molecule has 0 radical (unpaired) electrons. The fourth-order valence-corrected chi connectivity index (χ4v) is 2.18. The summed E-state index contributed by atoms with van der Waals surface area (Å²) in [6.45, 7) is 4.95. The zero-order valence-corrected chi connectivity index (χ0v) is 13.9. The first kappa shape index (κ1) is 16.4. The molecule has 1 heterocycles. The second-order valence-electron chi connectivity index (χ2n) is 4.97. The second kappa shape index (κ2) is 7.84. The molecule has 0 fully saturated rings. The Kier molecular flexibility index (Phi) is 5.83. The van der Waals surface area contributed by atoms with Crippen LogP contribution in [-0.2, 0) is 0 Å². The van der Waals surface area contributed by atoms with Gasteiger partial charge in [0.25, 0.3) is 0 Å². The number of unbranched alkanes of at least 4 members (excludes halogenated alkanes) is 1. The van der Waals surface area contributed by atoms with Gasteiger partial charge in [0.2, 0.25) is 5.95 Å². The van der Waals surface area contributed by atoms with Crippen LogP contribution in [0.5, 0.6) is 5.75 Å². The predicted molar refractivity (Wildman–Crippen MR) is 91.5 cm³/mol. The van der Waals surface area contributed by atoms with E-state index < -0.39 is 0 Å². The van der Waals surface area contributed by atoms with Gasteiger partial charge in [0.1, 0.15) is 11.6 Å². The number of methoxy groups -OCH3 is 1. The number of aryl methyl sites for hydroxylation is 1. The maximum Gasteiger partial charge on any atom is 0.224 e. The van der Waals surface area contributed by atoms with E-state index in [4.69, 9.17) is 16.3 Å². The molecule has 22 heavy (non-hydrogen) atoms. The molecule has 0 saturated heterocycles. The van der Waals surface area contributed by atoms with Crippen LogP contribution in [0, 0.1) is 6.92 Å². The van der Waals surface area contributed by atoms with Gasteiger partial charge in [-0.2, -0.15) is 4.98 Å². The Hall–Kier alpha value is -2.01. The first-order chi connectivity index (χ1) is 10.6. The normalized spacial score (nSPS) is 10.4. The van der Waals surface area contributed by atoms with Crippen molar-refractivity contribution in [3.63, 3.8) is 0 Å². The molecule has 1 aromatic heterocycles. The summed E-state index contributed by atoms with van der Waals surface area (Å²) in [5.74, 6) is 2.03. The molecule has 118 valence electrons. The average Bonchev–Trinajstić information content (AvgIpc) is 2.47. The van der Waals surface area contributed by atoms with E-state index in [1.807, 2.05) is 25.1 Å². The van der Waals surface area contributed by atoms with Crippen molar-refractivity contribution in [2.75, 3.05) is 24.3 Å². The number of aromatic nitrogens is 2. The van der Waals surface area contributed by atoms with Crippen LogP contribution in [0.25, 0.3) is 0 Å². The summed E-state index contributed by atoms with van der Waals surface area (Å²) in [4.78, 5) is 8.86. The molecule has 0 amide bonds. The van der Waals surface area contributed by atoms with Crippen LogP contribution < -0.4 is 15.4 Å². The lowest BCUT2D eigenvalue weighted by Gasteiger charge is -2.12. The molecule has 6 heteroatoms. The molecule has 0 atom stereocenters. The molecule has 2 N–H and O–H groups in total. The molecule has 2 rings (SSSR count). The van der Waals surface area contributed by atoms with Crippen LogP contribution in [0.15, 0.2) is 24.3 Å². The largest absolute Gasteiger partial charge is 0.495 e. The average molecular weight is 321 g/mol. The minimum Gasteiger partial charge on any atom is -0.495 e. The van der Waals surface area contributed by atoms with Crippen LogP contribution >= 0.6 is 11.6 Å². The van der Waals surface area contributed by atoms with Gasteiger partial charge in [-0.05, 0) is 31.5 Å². The Morgan fingerprint density at radius 3 is 2.77 bits per heavy atom. The highest BCUT2D eigenvalue weighted by molar-refractivity contribution is 6.31. The summed E-state index contributed by atoms with van der Waals surface area (Å²) in [7, 11) is 1.62. The third kappa shape index (κ3) is 4.49. The van der Waals surface area contributed by atoms with E-state index in [0.29, 0.717) is 22.5 Å². The number of rotatable bonds is 7. The number of ether oxygens (including phenoxy) is 1. The van der Waals surface area contributed by atoms with Crippen molar-refractivity contribution in [1.82, 2.24) is 9.97 Å². The van der Waals surface area contributed by atoms with Gasteiger partial charge < -0.3 is 15.4 Å². The summed E-state index contributed by atoms with van der Waals surface area (Å²) in [5, 5.41) is 7.10. The first-order valence-electron chi connectivity index (χ1n) is 7.32. The Morgan fingerprint density at radius 2 is 2.05 bits per heavy atom. The zero-order valence-electron chi connectivity index (χ0n) is 13.1. The van der Waals surface area contributed by atoms with Crippen LogP contribution in [0.2, 0.25) is 5.02 Å². The Balaban J connectivity index is 2.20. The molecule has 0 aliphatic carbocycles. The quantitative estimate of drug-likeness (QED) is 0.740. The fourth-order valence-electron chi connectivity index (χ4n) is 2.00. The number of halogens is 1. The van der Waals surface area contributed by atoms with E-state index in [2.05, 4.69) is 27.5 Å². The maximum atomic E-state index is 6.05. The number of anilines is 3. The van der Waals surface area contributed by atoms with E-state index in [1.165, 1.54) is 0 Å². The predicted octanol–water partition coefficient (Wildman–Crippen LogP) is 4.40. The molecule has 1 aromatic carbocycles. The number of benzene rings is 1. The second-order valence-corrected chi connectivity index (χ2v) is 5.40. The van der Waals surface area contributed by atoms with Gasteiger partial charge >= 0.3 is 0 Å². The van der Waals surface area contributed by atoms with Crippen LogP contribution in [0.1, 0.15) is 25.5 Å². The molecule has 0 aliphatic rings. The smallest absolute Gasteiger partial charge is 0.224 e. The van der Waals surface area contributed by atoms with E-state index in [-0.39, 0.29) is 0 Å². The van der Waals surface area contributed by atoms with Crippen LogP contribution in [-0.4, -0.2) is 23.6 Å². The number of hydrogen-bond acceptors (Lipinski definition) is 5. The molecule has 0 spiro atoms. The van der Waals surface area contributed by atoms with E-state index in [9.17, 15) is 0 Å².